The normalized spacial score (nSPS) is 26.1. The van der Waals surface area contributed by atoms with Gasteiger partial charge in [0.1, 0.15) is 5.92 Å². The molecule has 0 N–H and O–H groups in total. The van der Waals surface area contributed by atoms with Gasteiger partial charge in [0.2, 0.25) is 11.8 Å². The molecule has 9 nitrogen and oxygen atoms in total. The monoisotopic (exact) mass is 475 g/mol. The van der Waals surface area contributed by atoms with Crippen molar-refractivity contribution >= 4 is 34.8 Å². The third kappa shape index (κ3) is 2.24. The smallest absolute Gasteiger partial charge is 0.274 e. The van der Waals surface area contributed by atoms with Crippen LogP contribution in [0.15, 0.2) is 66.7 Å². The van der Waals surface area contributed by atoms with E-state index >= 15 is 0 Å². The fraction of sp³-hybridized carbons (Fsp3) is 0.167. The van der Waals surface area contributed by atoms with Gasteiger partial charge < -0.3 is 0 Å². The third-order valence-corrected chi connectivity index (χ3v) is 7.56. The zero-order valence-corrected chi connectivity index (χ0v) is 18.0. The van der Waals surface area contributed by atoms with Crippen molar-refractivity contribution in [3.05, 3.63) is 114 Å². The molecule has 2 amide bonds. The lowest BCUT2D eigenvalue weighted by molar-refractivity contribution is -0.578. The van der Waals surface area contributed by atoms with Crippen molar-refractivity contribution in [2.75, 3.05) is 4.90 Å². The number of nitro groups is 2. The minimum atomic E-state index is -1.97. The number of imide groups is 1. The van der Waals surface area contributed by atoms with Crippen LogP contribution in [0.4, 0.5) is 11.4 Å². The first-order chi connectivity index (χ1) is 16.3. The summed E-state index contributed by atoms with van der Waals surface area (Å²) in [7, 11) is 0. The Morgan fingerprint density at radius 2 is 1.44 bits per heavy atom. The number of amides is 2. The van der Waals surface area contributed by atoms with Crippen LogP contribution in [0, 0.1) is 32.1 Å². The highest BCUT2D eigenvalue weighted by Gasteiger charge is 2.75. The van der Waals surface area contributed by atoms with Crippen LogP contribution in [-0.4, -0.2) is 21.7 Å². The van der Waals surface area contributed by atoms with Gasteiger partial charge in [-0.05, 0) is 17.2 Å². The van der Waals surface area contributed by atoms with Crippen LogP contribution in [0.3, 0.4) is 0 Å². The molecule has 3 aromatic carbocycles. The molecule has 1 aliphatic heterocycles. The maximum absolute atomic E-state index is 13.9. The van der Waals surface area contributed by atoms with E-state index < -0.39 is 45.0 Å². The molecule has 3 aliphatic carbocycles. The summed E-state index contributed by atoms with van der Waals surface area (Å²) in [5.74, 6) is -4.38. The maximum Gasteiger partial charge on any atom is 0.285 e. The molecule has 1 saturated heterocycles. The molecule has 0 saturated carbocycles. The lowest BCUT2D eigenvalue weighted by Crippen LogP contribution is -2.57. The highest BCUT2D eigenvalue weighted by molar-refractivity contribution is 6.36. The van der Waals surface area contributed by atoms with E-state index in [1.807, 2.05) is 0 Å². The Bertz CT molecular complexity index is 1420. The van der Waals surface area contributed by atoms with Crippen molar-refractivity contribution in [2.45, 2.75) is 11.5 Å². The predicted molar refractivity (Wildman–Crippen MR) is 120 cm³/mol. The number of nitrogens with zero attached hydrogens (tertiary/aromatic N) is 3. The first-order valence-electron chi connectivity index (χ1n) is 10.4. The number of halogens is 1. The topological polar surface area (TPSA) is 124 Å². The summed E-state index contributed by atoms with van der Waals surface area (Å²) in [6, 6.07) is 17.1. The van der Waals surface area contributed by atoms with E-state index in [4.69, 9.17) is 11.6 Å². The summed E-state index contributed by atoms with van der Waals surface area (Å²) in [5.41, 5.74) is -0.434. The molecule has 0 spiro atoms. The van der Waals surface area contributed by atoms with E-state index in [9.17, 15) is 29.8 Å². The van der Waals surface area contributed by atoms with Crippen LogP contribution in [0.25, 0.3) is 0 Å². The van der Waals surface area contributed by atoms with Gasteiger partial charge in [-0.3, -0.25) is 29.8 Å². The second-order valence-corrected chi connectivity index (χ2v) is 8.99. The van der Waals surface area contributed by atoms with E-state index in [2.05, 4.69) is 0 Å². The van der Waals surface area contributed by atoms with E-state index in [0.29, 0.717) is 22.3 Å². The molecule has 0 aromatic heterocycles. The van der Waals surface area contributed by atoms with Gasteiger partial charge >= 0.3 is 0 Å². The fourth-order valence-corrected chi connectivity index (χ4v) is 6.27. The average molecular weight is 476 g/mol. The standard InChI is InChI=1S/C24H14ClN3O6/c25-17-10-9-12(27(31)32)11-18(17)26-22(29)20-19-13-5-1-3-7-15(13)24(28(33)34,21(20)23(26)30)16-8-4-2-6-14(16)19/h1-11,19-21H/t19?,20-,21-,24?/m1/s1. The number of hydrogen-bond donors (Lipinski definition) is 0. The van der Waals surface area contributed by atoms with Gasteiger partial charge in [-0.2, -0.15) is 0 Å². The second-order valence-electron chi connectivity index (χ2n) is 8.58. The summed E-state index contributed by atoms with van der Waals surface area (Å²) < 4.78 is 0. The van der Waals surface area contributed by atoms with E-state index in [-0.39, 0.29) is 16.4 Å². The van der Waals surface area contributed by atoms with Crippen molar-refractivity contribution < 1.29 is 19.4 Å². The zero-order valence-electron chi connectivity index (χ0n) is 17.3. The molecule has 0 unspecified atom stereocenters. The lowest BCUT2D eigenvalue weighted by Gasteiger charge is -2.48. The maximum atomic E-state index is 13.9. The quantitative estimate of drug-likeness (QED) is 0.320. The molecule has 168 valence electrons. The van der Waals surface area contributed by atoms with Gasteiger partial charge in [-0.15, -0.1) is 0 Å². The number of hydrogen-bond acceptors (Lipinski definition) is 6. The van der Waals surface area contributed by atoms with Gasteiger partial charge in [0.15, 0.2) is 0 Å². The van der Waals surface area contributed by atoms with Gasteiger partial charge in [0.05, 0.1) is 21.6 Å². The van der Waals surface area contributed by atoms with Gasteiger partial charge in [-0.1, -0.05) is 60.1 Å². The molecular weight excluding hydrogens is 462 g/mol. The minimum absolute atomic E-state index is 0.0384. The summed E-state index contributed by atoms with van der Waals surface area (Å²) in [5, 5.41) is 24.2. The molecule has 3 aromatic rings. The Balaban J connectivity index is 1.65. The first kappa shape index (κ1) is 20.5. The van der Waals surface area contributed by atoms with E-state index in [0.717, 1.165) is 17.0 Å². The average Bonchev–Trinajstić information content (AvgIpc) is 3.10. The molecule has 10 heteroatoms. The third-order valence-electron chi connectivity index (χ3n) is 7.24. The van der Waals surface area contributed by atoms with Crippen LogP contribution in [0.5, 0.6) is 0 Å². The summed E-state index contributed by atoms with van der Waals surface area (Å²) >= 11 is 6.27. The minimum Gasteiger partial charge on any atom is -0.274 e. The predicted octanol–water partition coefficient (Wildman–Crippen LogP) is 4.03. The first-order valence-corrected chi connectivity index (χ1v) is 10.8. The van der Waals surface area contributed by atoms with Crippen molar-refractivity contribution in [2.24, 2.45) is 11.8 Å². The van der Waals surface area contributed by atoms with Gasteiger partial charge in [0, 0.05) is 34.1 Å². The second kappa shape index (κ2) is 6.71. The number of nitro benzene ring substituents is 1. The number of carbonyl (C=O) groups excluding carboxylic acids is 2. The fourth-order valence-electron chi connectivity index (χ4n) is 6.07. The molecule has 34 heavy (non-hydrogen) atoms. The molecular formula is C24H14ClN3O6. The largest absolute Gasteiger partial charge is 0.285 e. The number of rotatable bonds is 3. The molecule has 0 radical (unpaired) electrons. The van der Waals surface area contributed by atoms with Crippen molar-refractivity contribution in [1.29, 1.82) is 0 Å². The molecule has 2 atom stereocenters. The Morgan fingerprint density at radius 3 is 2.00 bits per heavy atom. The van der Waals surface area contributed by atoms with Crippen LogP contribution in [0.2, 0.25) is 5.02 Å². The molecule has 4 aliphatic rings. The Hall–Kier alpha value is -4.11. The Kier molecular flexibility index (Phi) is 4.04. The molecule has 7 rings (SSSR count). The number of carbonyl (C=O) groups is 2. The zero-order chi connectivity index (χ0) is 23.9. The molecule has 1 heterocycles. The van der Waals surface area contributed by atoms with Crippen molar-refractivity contribution in [3.63, 3.8) is 0 Å². The number of anilines is 1. The highest BCUT2D eigenvalue weighted by atomic mass is 35.5. The van der Waals surface area contributed by atoms with Crippen LogP contribution >= 0.6 is 11.6 Å². The van der Waals surface area contributed by atoms with Crippen LogP contribution < -0.4 is 4.90 Å². The summed E-state index contributed by atoms with van der Waals surface area (Å²) in [4.78, 5) is 51.6. The lowest BCUT2D eigenvalue weighted by atomic mass is 9.51. The SMILES string of the molecule is O=C1[C@@H]2C3c4ccccc4C([N+](=O)[O-])(c4ccccc43)[C@H]2C(=O)N1c1cc([N+](=O)[O-])ccc1Cl. The Morgan fingerprint density at radius 1 is 0.853 bits per heavy atom. The van der Waals surface area contributed by atoms with Crippen LogP contribution in [0.1, 0.15) is 28.2 Å². The highest BCUT2D eigenvalue weighted by Crippen LogP contribution is 2.64. The van der Waals surface area contributed by atoms with Crippen molar-refractivity contribution in [1.82, 2.24) is 0 Å². The number of non-ortho nitro benzene ring substituents is 1. The molecule has 1 fully saturated rings. The van der Waals surface area contributed by atoms with Gasteiger partial charge in [0.25, 0.3) is 11.2 Å². The van der Waals surface area contributed by atoms with Crippen molar-refractivity contribution in [3.8, 4) is 0 Å². The summed E-state index contributed by atoms with van der Waals surface area (Å²) in [6.45, 7) is 0. The Labute approximate surface area is 196 Å². The van der Waals surface area contributed by atoms with Crippen LogP contribution in [-0.2, 0) is 15.1 Å². The number of benzene rings is 3. The molecule has 2 bridgehead atoms. The van der Waals surface area contributed by atoms with E-state index in [1.54, 1.807) is 48.5 Å². The van der Waals surface area contributed by atoms with Gasteiger partial charge in [-0.25, -0.2) is 4.90 Å². The van der Waals surface area contributed by atoms with E-state index in [1.165, 1.54) is 6.07 Å². The summed E-state index contributed by atoms with van der Waals surface area (Å²) in [6.07, 6.45) is 0.